The average Bonchev–Trinajstić information content (AvgIpc) is 2.34. The summed E-state index contributed by atoms with van der Waals surface area (Å²) in [5.74, 6) is -0.551. The zero-order valence-electron chi connectivity index (χ0n) is 10.3. The lowest BCUT2D eigenvalue weighted by Crippen LogP contribution is -2.33. The first-order chi connectivity index (χ1) is 8.56. The lowest BCUT2D eigenvalue weighted by molar-refractivity contribution is 0.226. The molecule has 0 amide bonds. The van der Waals surface area contributed by atoms with E-state index in [-0.39, 0.29) is 4.47 Å². The van der Waals surface area contributed by atoms with Crippen molar-refractivity contribution < 1.29 is 8.78 Å². The van der Waals surface area contributed by atoms with Gasteiger partial charge < -0.3 is 10.2 Å². The van der Waals surface area contributed by atoms with Crippen LogP contribution in [0.2, 0.25) is 0 Å². The molecule has 5 heteroatoms. The predicted octanol–water partition coefficient (Wildman–Crippen LogP) is 3.48. The van der Waals surface area contributed by atoms with Crippen LogP contribution in [0.3, 0.4) is 0 Å². The number of hydrogen-bond donors (Lipinski definition) is 1. The molecule has 0 aliphatic carbocycles. The Kier molecular flexibility index (Phi) is 4.56. The van der Waals surface area contributed by atoms with Crippen LogP contribution in [0.4, 0.5) is 14.5 Å². The summed E-state index contributed by atoms with van der Waals surface area (Å²) in [7, 11) is 2.11. The van der Waals surface area contributed by atoms with Gasteiger partial charge in [0.25, 0.3) is 0 Å². The molecule has 1 N–H and O–H groups in total. The van der Waals surface area contributed by atoms with Gasteiger partial charge in [-0.3, -0.25) is 0 Å². The number of piperidine rings is 1. The van der Waals surface area contributed by atoms with Gasteiger partial charge in [0.15, 0.2) is 0 Å². The zero-order chi connectivity index (χ0) is 13.1. The predicted molar refractivity (Wildman–Crippen MR) is 72.8 cm³/mol. The fourth-order valence-electron chi connectivity index (χ4n) is 2.18. The van der Waals surface area contributed by atoms with E-state index in [0.717, 1.165) is 38.5 Å². The number of halogens is 3. The van der Waals surface area contributed by atoms with Crippen LogP contribution in [-0.2, 0) is 0 Å². The normalized spacial score (nSPS) is 18.0. The Morgan fingerprint density at radius 2 is 1.94 bits per heavy atom. The average molecular weight is 319 g/mol. The Morgan fingerprint density at radius 1 is 1.28 bits per heavy atom. The molecular weight excluding hydrogens is 302 g/mol. The first kappa shape index (κ1) is 13.7. The Hall–Kier alpha value is -0.680. The molecule has 1 aromatic rings. The SMILES string of the molecule is CN1CCC(CNc2cc(Br)c(F)cc2F)CC1. The molecular formula is C13H17BrF2N2. The van der Waals surface area contributed by atoms with E-state index in [2.05, 4.69) is 33.2 Å². The van der Waals surface area contributed by atoms with Crippen LogP contribution in [-0.4, -0.2) is 31.6 Å². The summed E-state index contributed by atoms with van der Waals surface area (Å²) in [4.78, 5) is 2.30. The lowest BCUT2D eigenvalue weighted by Gasteiger charge is -2.29. The fraction of sp³-hybridized carbons (Fsp3) is 0.538. The van der Waals surface area contributed by atoms with Gasteiger partial charge in [-0.1, -0.05) is 0 Å². The quantitative estimate of drug-likeness (QED) is 0.858. The maximum absolute atomic E-state index is 13.5. The van der Waals surface area contributed by atoms with E-state index in [0.29, 0.717) is 11.6 Å². The summed E-state index contributed by atoms with van der Waals surface area (Å²) in [5.41, 5.74) is 0.363. The molecule has 0 saturated carbocycles. The Morgan fingerprint density at radius 3 is 2.61 bits per heavy atom. The highest BCUT2D eigenvalue weighted by Gasteiger charge is 2.17. The molecule has 2 nitrogen and oxygen atoms in total. The zero-order valence-corrected chi connectivity index (χ0v) is 11.9. The standard InChI is InChI=1S/C13H17BrF2N2/c1-18-4-2-9(3-5-18)8-17-13-6-10(14)11(15)7-12(13)16/h6-7,9,17H,2-5,8H2,1H3. The first-order valence-corrected chi connectivity index (χ1v) is 6.92. The Balaban J connectivity index is 1.92. The summed E-state index contributed by atoms with van der Waals surface area (Å²) < 4.78 is 26.9. The molecule has 18 heavy (non-hydrogen) atoms. The third kappa shape index (κ3) is 3.42. The number of nitrogens with zero attached hydrogens (tertiary/aromatic N) is 1. The molecule has 1 heterocycles. The Bertz CT molecular complexity index is 418. The maximum atomic E-state index is 13.5. The van der Waals surface area contributed by atoms with Gasteiger partial charge >= 0.3 is 0 Å². The van der Waals surface area contributed by atoms with Crippen molar-refractivity contribution in [3.8, 4) is 0 Å². The third-order valence-electron chi connectivity index (χ3n) is 3.43. The molecule has 0 aromatic heterocycles. The molecule has 0 spiro atoms. The van der Waals surface area contributed by atoms with Crippen LogP contribution in [0.25, 0.3) is 0 Å². The third-order valence-corrected chi connectivity index (χ3v) is 4.04. The number of rotatable bonds is 3. The van der Waals surface area contributed by atoms with Crippen molar-refractivity contribution in [1.29, 1.82) is 0 Å². The molecule has 100 valence electrons. The molecule has 0 bridgehead atoms. The highest BCUT2D eigenvalue weighted by molar-refractivity contribution is 9.10. The van der Waals surface area contributed by atoms with Crippen molar-refractivity contribution in [2.75, 3.05) is 32.0 Å². The topological polar surface area (TPSA) is 15.3 Å². The maximum Gasteiger partial charge on any atom is 0.149 e. The van der Waals surface area contributed by atoms with Gasteiger partial charge in [-0.05, 0) is 60.9 Å². The number of hydrogen-bond acceptors (Lipinski definition) is 2. The molecule has 0 radical (unpaired) electrons. The largest absolute Gasteiger partial charge is 0.382 e. The molecule has 1 fully saturated rings. The highest BCUT2D eigenvalue weighted by Crippen LogP contribution is 2.24. The molecule has 1 aliphatic rings. The van der Waals surface area contributed by atoms with E-state index >= 15 is 0 Å². The van der Waals surface area contributed by atoms with E-state index < -0.39 is 11.6 Å². The second kappa shape index (κ2) is 5.97. The summed E-state index contributed by atoms with van der Waals surface area (Å²) >= 11 is 3.07. The van der Waals surface area contributed by atoms with Gasteiger partial charge in [0.05, 0.1) is 10.2 Å². The van der Waals surface area contributed by atoms with Gasteiger partial charge in [0, 0.05) is 12.6 Å². The van der Waals surface area contributed by atoms with Crippen molar-refractivity contribution in [2.45, 2.75) is 12.8 Å². The van der Waals surface area contributed by atoms with Crippen LogP contribution in [0.1, 0.15) is 12.8 Å². The van der Waals surface area contributed by atoms with Crippen molar-refractivity contribution in [1.82, 2.24) is 4.90 Å². The number of likely N-dealkylation sites (tertiary alicyclic amines) is 1. The second-order valence-electron chi connectivity index (χ2n) is 4.87. The monoisotopic (exact) mass is 318 g/mol. The minimum Gasteiger partial charge on any atom is -0.382 e. The van der Waals surface area contributed by atoms with E-state index in [1.807, 2.05) is 0 Å². The fourth-order valence-corrected chi connectivity index (χ4v) is 2.52. The van der Waals surface area contributed by atoms with Crippen LogP contribution in [0.5, 0.6) is 0 Å². The number of anilines is 1. The van der Waals surface area contributed by atoms with Gasteiger partial charge in [-0.25, -0.2) is 8.78 Å². The van der Waals surface area contributed by atoms with E-state index in [1.54, 1.807) is 0 Å². The molecule has 0 atom stereocenters. The van der Waals surface area contributed by atoms with Crippen LogP contribution >= 0.6 is 15.9 Å². The minimum atomic E-state index is -0.572. The van der Waals surface area contributed by atoms with Gasteiger partial charge in [-0.15, -0.1) is 0 Å². The summed E-state index contributed by atoms with van der Waals surface area (Å²) in [6.45, 7) is 2.91. The van der Waals surface area contributed by atoms with Crippen LogP contribution in [0.15, 0.2) is 16.6 Å². The summed E-state index contributed by atoms with van der Waals surface area (Å²) in [6.07, 6.45) is 2.24. The molecule has 1 aliphatic heterocycles. The van der Waals surface area contributed by atoms with Crippen molar-refractivity contribution in [3.05, 3.63) is 28.2 Å². The lowest BCUT2D eigenvalue weighted by atomic mass is 9.97. The van der Waals surface area contributed by atoms with E-state index in [1.165, 1.54) is 6.07 Å². The van der Waals surface area contributed by atoms with Crippen LogP contribution < -0.4 is 5.32 Å². The molecule has 1 saturated heterocycles. The van der Waals surface area contributed by atoms with E-state index in [4.69, 9.17) is 0 Å². The van der Waals surface area contributed by atoms with Crippen LogP contribution in [0, 0.1) is 17.6 Å². The van der Waals surface area contributed by atoms with Gasteiger partial charge in [0.1, 0.15) is 11.6 Å². The van der Waals surface area contributed by atoms with Crippen molar-refractivity contribution in [3.63, 3.8) is 0 Å². The highest BCUT2D eigenvalue weighted by atomic mass is 79.9. The molecule has 2 rings (SSSR count). The minimum absolute atomic E-state index is 0.287. The first-order valence-electron chi connectivity index (χ1n) is 6.13. The smallest absolute Gasteiger partial charge is 0.149 e. The number of nitrogens with one attached hydrogen (secondary N) is 1. The summed E-state index contributed by atoms with van der Waals surface area (Å²) in [5, 5.41) is 3.08. The number of benzene rings is 1. The van der Waals surface area contributed by atoms with Crippen molar-refractivity contribution >= 4 is 21.6 Å². The van der Waals surface area contributed by atoms with Gasteiger partial charge in [0.2, 0.25) is 0 Å². The molecule has 1 aromatic carbocycles. The van der Waals surface area contributed by atoms with Gasteiger partial charge in [-0.2, -0.15) is 0 Å². The van der Waals surface area contributed by atoms with E-state index in [9.17, 15) is 8.78 Å². The molecule has 0 unspecified atom stereocenters. The second-order valence-corrected chi connectivity index (χ2v) is 5.73. The Labute approximate surface area is 114 Å². The van der Waals surface area contributed by atoms with Crippen molar-refractivity contribution in [2.24, 2.45) is 5.92 Å². The summed E-state index contributed by atoms with van der Waals surface area (Å²) in [6, 6.07) is 2.36.